The summed E-state index contributed by atoms with van der Waals surface area (Å²) in [7, 11) is 0. The van der Waals surface area contributed by atoms with Gasteiger partial charge in [-0.15, -0.1) is 0 Å². The van der Waals surface area contributed by atoms with E-state index in [0.717, 1.165) is 19.4 Å². The van der Waals surface area contributed by atoms with Gasteiger partial charge in [0.1, 0.15) is 6.10 Å². The summed E-state index contributed by atoms with van der Waals surface area (Å²) >= 11 is 0. The fourth-order valence-corrected chi connectivity index (χ4v) is 2.93. The summed E-state index contributed by atoms with van der Waals surface area (Å²) in [5, 5.41) is 3.14. The van der Waals surface area contributed by atoms with Crippen LogP contribution in [0.5, 0.6) is 0 Å². The van der Waals surface area contributed by atoms with E-state index in [1.807, 2.05) is 0 Å². The standard InChI is InChI=1S/C13H23NO3/c1-9-5-10(2)7-11(6-9)17-13(15)12-8-14-3-4-16-12/h9-12,14H,3-8H2,1-2H3. The van der Waals surface area contributed by atoms with Crippen LogP contribution in [0.15, 0.2) is 0 Å². The fourth-order valence-electron chi connectivity index (χ4n) is 2.93. The van der Waals surface area contributed by atoms with Gasteiger partial charge in [0.05, 0.1) is 6.61 Å². The molecule has 1 aliphatic heterocycles. The highest BCUT2D eigenvalue weighted by atomic mass is 16.6. The van der Waals surface area contributed by atoms with Gasteiger partial charge in [0.25, 0.3) is 0 Å². The molecule has 1 saturated carbocycles. The Morgan fingerprint density at radius 1 is 1.24 bits per heavy atom. The van der Waals surface area contributed by atoms with Gasteiger partial charge in [-0.2, -0.15) is 0 Å². The predicted octanol–water partition coefficient (Wildman–Crippen LogP) is 1.34. The van der Waals surface area contributed by atoms with Crippen molar-refractivity contribution in [2.24, 2.45) is 11.8 Å². The van der Waals surface area contributed by atoms with Gasteiger partial charge >= 0.3 is 5.97 Å². The van der Waals surface area contributed by atoms with E-state index in [-0.39, 0.29) is 12.1 Å². The van der Waals surface area contributed by atoms with Crippen LogP contribution in [-0.4, -0.2) is 37.9 Å². The molecule has 0 aromatic carbocycles. The molecule has 0 radical (unpaired) electrons. The Hall–Kier alpha value is -0.610. The fraction of sp³-hybridized carbons (Fsp3) is 0.923. The SMILES string of the molecule is CC1CC(C)CC(OC(=O)C2CNCCO2)C1. The van der Waals surface area contributed by atoms with Crippen molar-refractivity contribution in [3.63, 3.8) is 0 Å². The molecule has 3 atom stereocenters. The Kier molecular flexibility index (Phi) is 4.40. The molecule has 4 heteroatoms. The molecule has 2 rings (SSSR count). The molecular formula is C13H23NO3. The molecule has 0 bridgehead atoms. The van der Waals surface area contributed by atoms with E-state index in [2.05, 4.69) is 19.2 Å². The quantitative estimate of drug-likeness (QED) is 0.741. The van der Waals surface area contributed by atoms with Crippen molar-refractivity contribution in [3.8, 4) is 0 Å². The Morgan fingerprint density at radius 3 is 2.53 bits per heavy atom. The molecule has 1 saturated heterocycles. The zero-order chi connectivity index (χ0) is 12.3. The van der Waals surface area contributed by atoms with E-state index < -0.39 is 6.10 Å². The van der Waals surface area contributed by atoms with Gasteiger partial charge in [0.2, 0.25) is 0 Å². The van der Waals surface area contributed by atoms with Crippen LogP contribution in [0.2, 0.25) is 0 Å². The second-order valence-electron chi connectivity index (χ2n) is 5.54. The Balaban J connectivity index is 1.80. The summed E-state index contributed by atoms with van der Waals surface area (Å²) in [4.78, 5) is 11.9. The Bertz CT molecular complexity index is 253. The third-order valence-electron chi connectivity index (χ3n) is 3.61. The molecule has 4 nitrogen and oxygen atoms in total. The number of hydrogen-bond acceptors (Lipinski definition) is 4. The van der Waals surface area contributed by atoms with E-state index in [9.17, 15) is 4.79 Å². The first kappa shape index (κ1) is 12.8. The second-order valence-corrected chi connectivity index (χ2v) is 5.54. The average Bonchev–Trinajstić information content (AvgIpc) is 2.28. The molecular weight excluding hydrogens is 218 g/mol. The van der Waals surface area contributed by atoms with Crippen molar-refractivity contribution in [1.29, 1.82) is 0 Å². The summed E-state index contributed by atoms with van der Waals surface area (Å²) in [6.07, 6.45) is 2.92. The van der Waals surface area contributed by atoms with Crippen LogP contribution in [0.3, 0.4) is 0 Å². The van der Waals surface area contributed by atoms with E-state index in [1.54, 1.807) is 0 Å². The maximum atomic E-state index is 11.9. The lowest BCUT2D eigenvalue weighted by atomic mass is 9.82. The minimum atomic E-state index is -0.406. The number of morpholine rings is 1. The topological polar surface area (TPSA) is 47.6 Å². The van der Waals surface area contributed by atoms with E-state index in [4.69, 9.17) is 9.47 Å². The minimum Gasteiger partial charge on any atom is -0.460 e. The number of ether oxygens (including phenoxy) is 2. The molecule has 0 aromatic rings. The largest absolute Gasteiger partial charge is 0.460 e. The average molecular weight is 241 g/mol. The number of carbonyl (C=O) groups is 1. The molecule has 0 amide bonds. The van der Waals surface area contributed by atoms with Crippen LogP contribution in [0, 0.1) is 11.8 Å². The molecule has 0 aromatic heterocycles. The molecule has 2 aliphatic rings. The van der Waals surface area contributed by atoms with Crippen LogP contribution in [-0.2, 0) is 14.3 Å². The first-order chi connectivity index (χ1) is 8.15. The summed E-state index contributed by atoms with van der Waals surface area (Å²) in [6.45, 7) is 6.46. The van der Waals surface area contributed by atoms with Crippen molar-refractivity contribution in [2.45, 2.75) is 45.3 Å². The summed E-state index contributed by atoms with van der Waals surface area (Å²) in [6, 6.07) is 0. The molecule has 17 heavy (non-hydrogen) atoms. The summed E-state index contributed by atoms with van der Waals surface area (Å²) in [5.74, 6) is 1.12. The summed E-state index contributed by atoms with van der Waals surface area (Å²) in [5.41, 5.74) is 0. The lowest BCUT2D eigenvalue weighted by Gasteiger charge is -2.32. The zero-order valence-electron chi connectivity index (χ0n) is 10.8. The molecule has 1 N–H and O–H groups in total. The van der Waals surface area contributed by atoms with E-state index >= 15 is 0 Å². The van der Waals surface area contributed by atoms with E-state index in [1.165, 1.54) is 6.42 Å². The normalized spacial score (nSPS) is 38.7. The maximum Gasteiger partial charge on any atom is 0.336 e. The summed E-state index contributed by atoms with van der Waals surface area (Å²) < 4.78 is 11.0. The van der Waals surface area contributed by atoms with Crippen LogP contribution >= 0.6 is 0 Å². The van der Waals surface area contributed by atoms with Gasteiger partial charge in [-0.25, -0.2) is 4.79 Å². The number of hydrogen-bond donors (Lipinski definition) is 1. The van der Waals surface area contributed by atoms with Crippen LogP contribution in [0.25, 0.3) is 0 Å². The minimum absolute atomic E-state index is 0.0896. The second kappa shape index (κ2) is 5.83. The number of carbonyl (C=O) groups excluding carboxylic acids is 1. The van der Waals surface area contributed by atoms with Crippen molar-refractivity contribution < 1.29 is 14.3 Å². The highest BCUT2D eigenvalue weighted by molar-refractivity contribution is 5.75. The highest BCUT2D eigenvalue weighted by Crippen LogP contribution is 2.30. The first-order valence-electron chi connectivity index (χ1n) is 6.68. The van der Waals surface area contributed by atoms with E-state index in [0.29, 0.717) is 25.0 Å². The van der Waals surface area contributed by atoms with Crippen LogP contribution in [0.1, 0.15) is 33.1 Å². The van der Waals surface area contributed by atoms with Crippen molar-refractivity contribution >= 4 is 5.97 Å². The Morgan fingerprint density at radius 2 is 1.94 bits per heavy atom. The third kappa shape index (κ3) is 3.68. The maximum absolute atomic E-state index is 11.9. The van der Waals surface area contributed by atoms with Crippen LogP contribution in [0.4, 0.5) is 0 Å². The van der Waals surface area contributed by atoms with Gasteiger partial charge in [0, 0.05) is 13.1 Å². The molecule has 98 valence electrons. The number of nitrogens with one attached hydrogen (secondary N) is 1. The third-order valence-corrected chi connectivity index (χ3v) is 3.61. The molecule has 1 heterocycles. The first-order valence-corrected chi connectivity index (χ1v) is 6.68. The number of rotatable bonds is 2. The van der Waals surface area contributed by atoms with Crippen LogP contribution < -0.4 is 5.32 Å². The zero-order valence-corrected chi connectivity index (χ0v) is 10.8. The smallest absolute Gasteiger partial charge is 0.336 e. The molecule has 2 fully saturated rings. The monoisotopic (exact) mass is 241 g/mol. The molecule has 1 aliphatic carbocycles. The number of esters is 1. The van der Waals surface area contributed by atoms with Gasteiger partial charge in [0.15, 0.2) is 6.10 Å². The van der Waals surface area contributed by atoms with Crippen molar-refractivity contribution in [2.75, 3.05) is 19.7 Å². The van der Waals surface area contributed by atoms with Gasteiger partial charge in [-0.05, 0) is 31.1 Å². The lowest BCUT2D eigenvalue weighted by Crippen LogP contribution is -2.45. The Labute approximate surface area is 103 Å². The van der Waals surface area contributed by atoms with Gasteiger partial charge in [-0.3, -0.25) is 0 Å². The van der Waals surface area contributed by atoms with Gasteiger partial charge < -0.3 is 14.8 Å². The van der Waals surface area contributed by atoms with Crippen molar-refractivity contribution in [3.05, 3.63) is 0 Å². The van der Waals surface area contributed by atoms with Crippen molar-refractivity contribution in [1.82, 2.24) is 5.32 Å². The highest BCUT2D eigenvalue weighted by Gasteiger charge is 2.30. The van der Waals surface area contributed by atoms with Gasteiger partial charge in [-0.1, -0.05) is 13.8 Å². The predicted molar refractivity (Wildman–Crippen MR) is 64.7 cm³/mol. The molecule has 0 spiro atoms. The molecule has 3 unspecified atom stereocenters. The lowest BCUT2D eigenvalue weighted by molar-refractivity contribution is -0.167.